The Morgan fingerprint density at radius 3 is 2.36 bits per heavy atom. The molecular weight excluding hydrogens is 535 g/mol. The molecule has 2 aromatic carbocycles. The number of nitrogens with one attached hydrogen (secondary N) is 1. The van der Waals surface area contributed by atoms with Crippen LogP contribution in [0.2, 0.25) is 5.02 Å². The number of aliphatic hydroxyl groups is 1. The first-order valence-corrected chi connectivity index (χ1v) is 12.5. The van der Waals surface area contributed by atoms with E-state index in [0.717, 1.165) is 5.01 Å². The number of carbonyl (C=O) groups is 4. The van der Waals surface area contributed by atoms with E-state index in [1.165, 1.54) is 18.2 Å². The zero-order valence-corrected chi connectivity index (χ0v) is 22.9. The summed E-state index contributed by atoms with van der Waals surface area (Å²) in [5, 5.41) is 11.8. The summed E-state index contributed by atoms with van der Waals surface area (Å²) >= 11 is 5.98. The molecule has 0 radical (unpaired) electrons. The van der Waals surface area contributed by atoms with E-state index in [1.54, 1.807) is 52.0 Å². The van der Waals surface area contributed by atoms with Crippen LogP contribution in [0.1, 0.15) is 46.1 Å². The van der Waals surface area contributed by atoms with Crippen molar-refractivity contribution in [3.63, 3.8) is 0 Å². The van der Waals surface area contributed by atoms with Crippen LogP contribution in [-0.2, 0) is 39.9 Å². The van der Waals surface area contributed by atoms with Crippen molar-refractivity contribution >= 4 is 35.4 Å². The molecule has 0 aliphatic rings. The molecule has 0 heterocycles. The summed E-state index contributed by atoms with van der Waals surface area (Å²) in [6, 6.07) is 10.7. The van der Waals surface area contributed by atoms with Crippen LogP contribution in [-0.4, -0.2) is 59.0 Å². The van der Waals surface area contributed by atoms with Crippen LogP contribution in [0, 0.1) is 5.82 Å². The number of hydrazine groups is 1. The molecule has 2 aromatic rings. The van der Waals surface area contributed by atoms with Gasteiger partial charge in [-0.1, -0.05) is 42.8 Å². The Labute approximate surface area is 230 Å². The van der Waals surface area contributed by atoms with E-state index in [4.69, 9.17) is 25.8 Å². The van der Waals surface area contributed by atoms with Gasteiger partial charge in [0.15, 0.2) is 6.10 Å². The van der Waals surface area contributed by atoms with Crippen molar-refractivity contribution in [2.75, 3.05) is 13.3 Å². The summed E-state index contributed by atoms with van der Waals surface area (Å²) in [4.78, 5) is 48.2. The number of ether oxygens (including phenoxy) is 3. The molecule has 1 amide bonds. The molecule has 0 fully saturated rings. The van der Waals surface area contributed by atoms with Gasteiger partial charge in [0.1, 0.15) is 11.4 Å². The topological polar surface area (TPSA) is 131 Å². The lowest BCUT2D eigenvalue weighted by Crippen LogP contribution is -2.50. The number of halogens is 2. The molecule has 1 unspecified atom stereocenters. The van der Waals surface area contributed by atoms with Crippen molar-refractivity contribution in [1.82, 2.24) is 10.4 Å². The number of rotatable bonds is 11. The van der Waals surface area contributed by atoms with Crippen LogP contribution >= 0.6 is 11.6 Å². The standard InChI is InChI=1S/C27H32ClFN2O8/c1-5-6-23(33)37-16-38-25(35)22(32)15-31(30-24(34)26(36)39-27(2,3)4)14-17-7-9-18(10-8-17)20-13-19(28)11-12-21(20)29/h7-13,22,32H,5-6,14-16H2,1-4H3,(H,30,34). The lowest BCUT2D eigenvalue weighted by atomic mass is 10.0. The van der Waals surface area contributed by atoms with Gasteiger partial charge < -0.3 is 19.3 Å². The van der Waals surface area contributed by atoms with Gasteiger partial charge in [-0.15, -0.1) is 0 Å². The minimum atomic E-state index is -1.77. The number of carbonyl (C=O) groups excluding carboxylic acids is 4. The zero-order chi connectivity index (χ0) is 29.2. The third-order valence-corrected chi connectivity index (χ3v) is 5.19. The van der Waals surface area contributed by atoms with E-state index < -0.39 is 54.7 Å². The maximum Gasteiger partial charge on any atom is 0.398 e. The Bertz CT molecular complexity index is 1170. The minimum Gasteiger partial charge on any atom is -0.453 e. The summed E-state index contributed by atoms with van der Waals surface area (Å²) in [7, 11) is 0. The number of hydrogen-bond donors (Lipinski definition) is 2. The van der Waals surface area contributed by atoms with Gasteiger partial charge in [-0.2, -0.15) is 0 Å². The van der Waals surface area contributed by atoms with Crippen molar-refractivity contribution < 1.29 is 42.9 Å². The molecular formula is C27H32ClFN2O8. The van der Waals surface area contributed by atoms with Crippen LogP contribution in [0.25, 0.3) is 11.1 Å². The van der Waals surface area contributed by atoms with Crippen molar-refractivity contribution in [3.05, 3.63) is 58.9 Å². The number of hydrogen-bond acceptors (Lipinski definition) is 9. The maximum absolute atomic E-state index is 14.2. The first-order chi connectivity index (χ1) is 18.3. The molecule has 0 aromatic heterocycles. The number of aliphatic hydroxyl groups excluding tert-OH is 1. The van der Waals surface area contributed by atoms with Crippen LogP contribution in [0.4, 0.5) is 4.39 Å². The van der Waals surface area contributed by atoms with Crippen LogP contribution in [0.3, 0.4) is 0 Å². The molecule has 12 heteroatoms. The molecule has 2 N–H and O–H groups in total. The van der Waals surface area contributed by atoms with E-state index in [0.29, 0.717) is 28.1 Å². The predicted molar refractivity (Wildman–Crippen MR) is 139 cm³/mol. The molecule has 10 nitrogen and oxygen atoms in total. The Hall–Kier alpha value is -3.54. The Kier molecular flexibility index (Phi) is 11.8. The highest BCUT2D eigenvalue weighted by Gasteiger charge is 2.27. The average molecular weight is 567 g/mol. The second-order valence-corrected chi connectivity index (χ2v) is 9.94. The SMILES string of the molecule is CCCC(=O)OCOC(=O)C(O)CN(Cc1ccc(-c2cc(Cl)ccc2F)cc1)NC(=O)C(=O)OC(C)(C)C. The largest absolute Gasteiger partial charge is 0.453 e. The van der Waals surface area contributed by atoms with Crippen LogP contribution in [0.15, 0.2) is 42.5 Å². The van der Waals surface area contributed by atoms with Gasteiger partial charge in [-0.25, -0.2) is 19.0 Å². The third-order valence-electron chi connectivity index (χ3n) is 4.95. The Balaban J connectivity index is 2.14. The molecule has 1 atom stereocenters. The Morgan fingerprint density at radius 2 is 1.74 bits per heavy atom. The highest BCUT2D eigenvalue weighted by Crippen LogP contribution is 2.26. The lowest BCUT2D eigenvalue weighted by molar-refractivity contribution is -0.174. The van der Waals surface area contributed by atoms with Crippen LogP contribution in [0.5, 0.6) is 0 Å². The zero-order valence-electron chi connectivity index (χ0n) is 22.2. The first-order valence-electron chi connectivity index (χ1n) is 12.1. The van der Waals surface area contributed by atoms with Crippen molar-refractivity contribution in [1.29, 1.82) is 0 Å². The van der Waals surface area contributed by atoms with Gasteiger partial charge in [0.25, 0.3) is 0 Å². The molecule has 0 saturated carbocycles. The fourth-order valence-electron chi connectivity index (χ4n) is 3.20. The summed E-state index contributed by atoms with van der Waals surface area (Å²) in [5.41, 5.74) is 2.81. The van der Waals surface area contributed by atoms with E-state index in [2.05, 4.69) is 5.43 Å². The Morgan fingerprint density at radius 1 is 1.08 bits per heavy atom. The fourth-order valence-corrected chi connectivity index (χ4v) is 3.37. The van der Waals surface area contributed by atoms with Crippen molar-refractivity contribution in [2.24, 2.45) is 0 Å². The summed E-state index contributed by atoms with van der Waals surface area (Å²) in [6.07, 6.45) is -1.07. The summed E-state index contributed by atoms with van der Waals surface area (Å²) in [6.45, 7) is 5.32. The van der Waals surface area contributed by atoms with Crippen molar-refractivity contribution in [3.8, 4) is 11.1 Å². The minimum absolute atomic E-state index is 0.0668. The van der Waals surface area contributed by atoms with Crippen LogP contribution < -0.4 is 5.43 Å². The number of benzene rings is 2. The number of amides is 1. The molecule has 0 aliphatic carbocycles. The van der Waals surface area contributed by atoms with Gasteiger partial charge in [0.2, 0.25) is 6.79 Å². The summed E-state index contributed by atoms with van der Waals surface area (Å²) in [5.74, 6) is -4.43. The van der Waals surface area contributed by atoms with E-state index in [-0.39, 0.29) is 13.0 Å². The first kappa shape index (κ1) is 31.7. The van der Waals surface area contributed by atoms with Gasteiger partial charge in [-0.3, -0.25) is 15.0 Å². The monoisotopic (exact) mass is 566 g/mol. The van der Waals surface area contributed by atoms with Gasteiger partial charge in [-0.05, 0) is 56.5 Å². The second-order valence-electron chi connectivity index (χ2n) is 9.51. The highest BCUT2D eigenvalue weighted by atomic mass is 35.5. The second kappa shape index (κ2) is 14.6. The van der Waals surface area contributed by atoms with E-state index in [1.807, 2.05) is 0 Å². The highest BCUT2D eigenvalue weighted by molar-refractivity contribution is 6.32. The van der Waals surface area contributed by atoms with E-state index >= 15 is 0 Å². The maximum atomic E-state index is 14.2. The number of esters is 3. The lowest BCUT2D eigenvalue weighted by Gasteiger charge is -2.26. The van der Waals surface area contributed by atoms with Crippen molar-refractivity contribution in [2.45, 2.75) is 58.8 Å². The normalized spacial score (nSPS) is 12.0. The smallest absolute Gasteiger partial charge is 0.398 e. The van der Waals surface area contributed by atoms with Gasteiger partial charge >= 0.3 is 23.8 Å². The predicted octanol–water partition coefficient (Wildman–Crippen LogP) is 3.53. The van der Waals surface area contributed by atoms with Gasteiger partial charge in [0, 0.05) is 23.6 Å². The average Bonchev–Trinajstić information content (AvgIpc) is 2.85. The third kappa shape index (κ3) is 11.0. The van der Waals surface area contributed by atoms with E-state index in [9.17, 15) is 28.7 Å². The molecule has 2 rings (SSSR count). The molecule has 0 spiro atoms. The quantitative estimate of drug-likeness (QED) is 0.181. The molecule has 212 valence electrons. The molecule has 0 aliphatic heterocycles. The number of nitrogens with zero attached hydrogens (tertiary/aromatic N) is 1. The summed E-state index contributed by atoms with van der Waals surface area (Å²) < 4.78 is 28.8. The molecule has 0 saturated heterocycles. The molecule has 39 heavy (non-hydrogen) atoms. The van der Waals surface area contributed by atoms with Gasteiger partial charge in [0.05, 0.1) is 6.54 Å². The fraction of sp³-hybridized carbons (Fsp3) is 0.407. The molecule has 0 bridgehead atoms.